The zero-order valence-electron chi connectivity index (χ0n) is 17.3. The van der Waals surface area contributed by atoms with Crippen LogP contribution in [0.2, 0.25) is 0 Å². The number of hydrogen-bond acceptors (Lipinski definition) is 6. The number of benzene rings is 1. The van der Waals surface area contributed by atoms with E-state index in [-0.39, 0.29) is 17.7 Å². The maximum Gasteiger partial charge on any atom is 0.264 e. The third-order valence-electron chi connectivity index (χ3n) is 5.55. The van der Waals surface area contributed by atoms with Crippen molar-refractivity contribution in [3.63, 3.8) is 0 Å². The molecule has 0 atom stereocenters. The molecule has 2 heterocycles. The number of carbonyl (C=O) groups is 2. The van der Waals surface area contributed by atoms with Gasteiger partial charge in [0.2, 0.25) is 5.91 Å². The fraction of sp³-hybridized carbons (Fsp3) is 0.455. The molecule has 1 aliphatic heterocycles. The van der Waals surface area contributed by atoms with Crippen LogP contribution in [0, 0.1) is 5.92 Å². The van der Waals surface area contributed by atoms with Crippen LogP contribution >= 0.6 is 11.3 Å². The Hall–Kier alpha value is -2.58. The van der Waals surface area contributed by atoms with Gasteiger partial charge in [0.05, 0.1) is 24.1 Å². The van der Waals surface area contributed by atoms with Gasteiger partial charge in [-0.2, -0.15) is 0 Å². The summed E-state index contributed by atoms with van der Waals surface area (Å²) in [7, 11) is 3.33. The molecule has 2 fully saturated rings. The molecule has 1 saturated carbocycles. The summed E-state index contributed by atoms with van der Waals surface area (Å²) in [6, 6.07) is 9.44. The summed E-state index contributed by atoms with van der Waals surface area (Å²) in [6.07, 6.45) is 1.93. The van der Waals surface area contributed by atoms with Crippen LogP contribution in [0.25, 0.3) is 0 Å². The highest BCUT2D eigenvalue weighted by atomic mass is 32.1. The lowest BCUT2D eigenvalue weighted by atomic mass is 10.1. The number of amides is 2. The fourth-order valence-electron chi connectivity index (χ4n) is 3.60. The maximum atomic E-state index is 12.9. The SMILES string of the molecule is COc1ccc(OC)c(CN2CCN(C(=O)c3ccc(NC(=O)C4CC4)s3)CC2)c1. The molecular weight excluding hydrogens is 402 g/mol. The van der Waals surface area contributed by atoms with E-state index in [0.717, 1.165) is 54.5 Å². The van der Waals surface area contributed by atoms with Gasteiger partial charge in [-0.05, 0) is 43.2 Å². The Morgan fingerprint density at radius 3 is 2.50 bits per heavy atom. The van der Waals surface area contributed by atoms with Crippen molar-refractivity contribution in [2.45, 2.75) is 19.4 Å². The van der Waals surface area contributed by atoms with Crippen LogP contribution in [0.1, 0.15) is 28.1 Å². The third-order valence-corrected chi connectivity index (χ3v) is 6.54. The van der Waals surface area contributed by atoms with E-state index in [2.05, 4.69) is 10.2 Å². The Bertz CT molecular complexity index is 917. The zero-order valence-corrected chi connectivity index (χ0v) is 18.2. The van der Waals surface area contributed by atoms with Crippen LogP contribution in [0.4, 0.5) is 5.00 Å². The van der Waals surface area contributed by atoms with Crippen molar-refractivity contribution in [2.75, 3.05) is 45.7 Å². The van der Waals surface area contributed by atoms with Crippen LogP contribution in [0.15, 0.2) is 30.3 Å². The van der Waals surface area contributed by atoms with Gasteiger partial charge in [-0.25, -0.2) is 0 Å². The number of ether oxygens (including phenoxy) is 2. The first-order valence-corrected chi connectivity index (χ1v) is 11.0. The number of anilines is 1. The number of methoxy groups -OCH3 is 2. The second kappa shape index (κ2) is 9.06. The lowest BCUT2D eigenvalue weighted by molar-refractivity contribution is -0.117. The predicted octanol–water partition coefficient (Wildman–Crippen LogP) is 3.07. The third kappa shape index (κ3) is 4.76. The molecule has 2 aromatic rings. The monoisotopic (exact) mass is 429 g/mol. The molecule has 30 heavy (non-hydrogen) atoms. The van der Waals surface area contributed by atoms with Crippen LogP contribution in [-0.2, 0) is 11.3 Å². The van der Waals surface area contributed by atoms with Gasteiger partial charge in [-0.3, -0.25) is 14.5 Å². The van der Waals surface area contributed by atoms with Gasteiger partial charge in [0.15, 0.2) is 0 Å². The summed E-state index contributed by atoms with van der Waals surface area (Å²) in [5.74, 6) is 1.90. The normalized spacial score (nSPS) is 16.9. The summed E-state index contributed by atoms with van der Waals surface area (Å²) in [6.45, 7) is 3.68. The molecule has 4 rings (SSSR count). The van der Waals surface area contributed by atoms with Crippen LogP contribution in [0.3, 0.4) is 0 Å². The van der Waals surface area contributed by atoms with Gasteiger partial charge in [-0.1, -0.05) is 0 Å². The standard InChI is InChI=1S/C22H27N3O4S/c1-28-17-5-6-18(29-2)16(13-17)14-24-9-11-25(12-10-24)22(27)19-7-8-20(30-19)23-21(26)15-3-4-15/h5-8,13,15H,3-4,9-12,14H2,1-2H3,(H,23,26). The number of nitrogens with zero attached hydrogens (tertiary/aromatic N) is 2. The highest BCUT2D eigenvalue weighted by molar-refractivity contribution is 7.18. The van der Waals surface area contributed by atoms with Gasteiger partial charge in [-0.15, -0.1) is 11.3 Å². The minimum absolute atomic E-state index is 0.0329. The minimum atomic E-state index is 0.0329. The number of nitrogens with one attached hydrogen (secondary N) is 1. The van der Waals surface area contributed by atoms with E-state index in [1.54, 1.807) is 14.2 Å². The van der Waals surface area contributed by atoms with Crippen molar-refractivity contribution >= 4 is 28.2 Å². The van der Waals surface area contributed by atoms with Crippen LogP contribution in [0.5, 0.6) is 11.5 Å². The van der Waals surface area contributed by atoms with Gasteiger partial charge in [0.1, 0.15) is 11.5 Å². The first-order valence-electron chi connectivity index (χ1n) is 10.2. The maximum absolute atomic E-state index is 12.9. The van der Waals surface area contributed by atoms with Crippen molar-refractivity contribution in [1.82, 2.24) is 9.80 Å². The molecule has 160 valence electrons. The lowest BCUT2D eigenvalue weighted by Crippen LogP contribution is -2.48. The second-order valence-electron chi connectivity index (χ2n) is 7.67. The smallest absolute Gasteiger partial charge is 0.264 e. The predicted molar refractivity (Wildman–Crippen MR) is 116 cm³/mol. The van der Waals surface area contributed by atoms with E-state index in [1.807, 2.05) is 35.2 Å². The van der Waals surface area contributed by atoms with E-state index in [4.69, 9.17) is 9.47 Å². The molecule has 2 aliphatic rings. The first-order chi connectivity index (χ1) is 14.6. The number of thiophene rings is 1. The molecule has 1 aromatic heterocycles. The molecule has 1 N–H and O–H groups in total. The Morgan fingerprint density at radius 1 is 1.07 bits per heavy atom. The number of hydrogen-bond donors (Lipinski definition) is 1. The Balaban J connectivity index is 1.31. The van der Waals surface area contributed by atoms with E-state index >= 15 is 0 Å². The summed E-state index contributed by atoms with van der Waals surface area (Å²) in [5, 5.41) is 3.66. The number of rotatable bonds is 7. The summed E-state index contributed by atoms with van der Waals surface area (Å²) in [5.41, 5.74) is 1.07. The number of piperazine rings is 1. The summed E-state index contributed by atoms with van der Waals surface area (Å²) in [4.78, 5) is 29.6. The average molecular weight is 430 g/mol. The summed E-state index contributed by atoms with van der Waals surface area (Å²) < 4.78 is 10.8. The van der Waals surface area contributed by atoms with Gasteiger partial charge < -0.3 is 19.7 Å². The molecule has 1 saturated heterocycles. The van der Waals surface area contributed by atoms with E-state index in [1.165, 1.54) is 11.3 Å². The molecule has 0 bridgehead atoms. The Kier molecular flexibility index (Phi) is 6.24. The Morgan fingerprint density at radius 2 is 1.83 bits per heavy atom. The molecule has 1 aliphatic carbocycles. The molecular formula is C22H27N3O4S. The van der Waals surface area contributed by atoms with E-state index < -0.39 is 0 Å². The topological polar surface area (TPSA) is 71.1 Å². The van der Waals surface area contributed by atoms with E-state index in [0.29, 0.717) is 18.0 Å². The highest BCUT2D eigenvalue weighted by Crippen LogP contribution is 2.32. The lowest BCUT2D eigenvalue weighted by Gasteiger charge is -2.34. The van der Waals surface area contributed by atoms with Crippen molar-refractivity contribution in [3.8, 4) is 11.5 Å². The van der Waals surface area contributed by atoms with Crippen molar-refractivity contribution < 1.29 is 19.1 Å². The number of carbonyl (C=O) groups excluding carboxylic acids is 2. The van der Waals surface area contributed by atoms with Crippen molar-refractivity contribution in [2.24, 2.45) is 5.92 Å². The molecule has 0 unspecified atom stereocenters. The average Bonchev–Trinajstić information content (AvgIpc) is 3.53. The largest absolute Gasteiger partial charge is 0.497 e. The molecule has 7 nitrogen and oxygen atoms in total. The first kappa shape index (κ1) is 20.7. The van der Waals surface area contributed by atoms with E-state index in [9.17, 15) is 9.59 Å². The molecule has 0 radical (unpaired) electrons. The zero-order chi connectivity index (χ0) is 21.1. The van der Waals surface area contributed by atoms with Crippen LogP contribution in [-0.4, -0.2) is 62.0 Å². The van der Waals surface area contributed by atoms with Crippen molar-refractivity contribution in [3.05, 3.63) is 40.8 Å². The fourth-order valence-corrected chi connectivity index (χ4v) is 4.48. The highest BCUT2D eigenvalue weighted by Gasteiger charge is 2.30. The van der Waals surface area contributed by atoms with Gasteiger partial charge in [0.25, 0.3) is 5.91 Å². The Labute approximate surface area is 180 Å². The minimum Gasteiger partial charge on any atom is -0.497 e. The molecule has 1 aromatic carbocycles. The molecule has 8 heteroatoms. The van der Waals surface area contributed by atoms with Gasteiger partial charge in [0, 0.05) is 44.2 Å². The molecule has 2 amide bonds. The van der Waals surface area contributed by atoms with Crippen LogP contribution < -0.4 is 14.8 Å². The summed E-state index contributed by atoms with van der Waals surface area (Å²) >= 11 is 1.35. The quantitative estimate of drug-likeness (QED) is 0.733. The molecule has 0 spiro atoms. The second-order valence-corrected chi connectivity index (χ2v) is 8.76. The van der Waals surface area contributed by atoms with Gasteiger partial charge >= 0.3 is 0 Å². The van der Waals surface area contributed by atoms with Crippen molar-refractivity contribution in [1.29, 1.82) is 0 Å².